The van der Waals surface area contributed by atoms with E-state index < -0.39 is 20.0 Å². The van der Waals surface area contributed by atoms with Gasteiger partial charge in [0.05, 0.1) is 85.3 Å². The van der Waals surface area contributed by atoms with E-state index in [0.29, 0.717) is 97.6 Å². The first-order chi connectivity index (χ1) is 72.8. The molecule has 0 amide bonds. The van der Waals surface area contributed by atoms with Crippen LogP contribution in [0.4, 0.5) is 0 Å². The van der Waals surface area contributed by atoms with Gasteiger partial charge in [0.25, 0.3) is 10.1 Å². The van der Waals surface area contributed by atoms with Crippen molar-refractivity contribution in [2.45, 2.75) is 585 Å². The van der Waals surface area contributed by atoms with Crippen LogP contribution in [0.3, 0.4) is 0 Å². The smallest absolute Gasteiger partial charge is 0.312 e. The SMILES string of the molecule is CC.CC.CC.CC.CC.CC.CC.CC.CC.CC.CC.CC.CC.CC.CC.CC.CC.CC.CC.CC.CC.CC.CC.CC.CC.CC.CC.O=C1CCCO1.O=C1OC2CC3CC(C2)CC1C3.O=C1OC2CC3CC1C2C3.O=C1OC2CCCC1C2.O=C1OCC2C3CC(C12)C1C2CCC(C2)C31.O=C1OCC2C3CCC(C3)C12.O=C1OCCC12CC1CC2C2C3CCC(C3)C12.O=S1(=O)CCCC1.O=S1(=O)CCCO1. The van der Waals surface area contributed by atoms with Gasteiger partial charge in [-0.25, -0.2) is 8.42 Å². The molecule has 15 saturated carbocycles. The highest BCUT2D eigenvalue weighted by Crippen LogP contribution is 2.74. The van der Waals surface area contributed by atoms with Gasteiger partial charge in [0.1, 0.15) is 28.1 Å². The van der Waals surface area contributed by atoms with Crippen LogP contribution in [-0.2, 0) is 90.9 Å². The maximum Gasteiger partial charge on any atom is 0.312 e. The molecule has 0 radical (unpaired) electrons. The zero-order chi connectivity index (χ0) is 119. The molecule has 904 valence electrons. The molecule has 27 atom stereocenters. The molecule has 1 spiro atoms. The summed E-state index contributed by atoms with van der Waals surface area (Å²) >= 11 is 0. The minimum atomic E-state index is -3.05. The molecule has 10 heterocycles. The molecule has 0 N–H and O–H groups in total. The summed E-state index contributed by atoms with van der Waals surface area (Å²) in [6, 6.07) is 0. The van der Waals surface area contributed by atoms with E-state index in [2.05, 4.69) is 8.92 Å². The van der Waals surface area contributed by atoms with E-state index >= 15 is 0 Å². The predicted octanol–water partition coefficient (Wildman–Crippen LogP) is 37.7. The topological polar surface area (TPSA) is 262 Å². The third-order valence-corrected chi connectivity index (χ3v) is 32.8. The summed E-state index contributed by atoms with van der Waals surface area (Å²) in [5.41, 5.74) is -0.00366. The summed E-state index contributed by atoms with van der Waals surface area (Å²) in [5, 5.41) is 0. The van der Waals surface area contributed by atoms with Crippen LogP contribution in [-0.4, -0.2) is 127 Å². The van der Waals surface area contributed by atoms with E-state index in [-0.39, 0.29) is 77.0 Å². The predicted molar refractivity (Wildman–Crippen MR) is 646 cm³/mol. The van der Waals surface area contributed by atoms with E-state index in [1.807, 2.05) is 374 Å². The number of hydrogen-bond acceptors (Lipinski definition) is 19. The molecule has 18 bridgehead atoms. The summed E-state index contributed by atoms with van der Waals surface area (Å²) in [6.45, 7) is 111. The van der Waals surface area contributed by atoms with E-state index in [1.54, 1.807) is 0 Å². The van der Waals surface area contributed by atoms with E-state index in [4.69, 9.17) is 28.4 Å². The first kappa shape index (κ1) is 170. The van der Waals surface area contributed by atoms with Gasteiger partial charge in [0, 0.05) is 24.2 Å². The summed E-state index contributed by atoms with van der Waals surface area (Å²) < 4.78 is 81.5. The van der Waals surface area contributed by atoms with Gasteiger partial charge in [-0.05, 0) is 287 Å². The van der Waals surface area contributed by atoms with Gasteiger partial charge < -0.3 is 33.2 Å². The van der Waals surface area contributed by atoms with Crippen molar-refractivity contribution in [3.63, 3.8) is 0 Å². The first-order valence-electron chi connectivity index (χ1n) is 65.2. The molecule has 15 aliphatic carbocycles. The Morgan fingerprint density at radius 2 is 0.678 bits per heavy atom. The summed E-state index contributed by atoms with van der Waals surface area (Å²) in [6.07, 6.45) is 36.4. The van der Waals surface area contributed by atoms with E-state index in [0.717, 1.165) is 185 Å². The van der Waals surface area contributed by atoms with Gasteiger partial charge in [-0.3, -0.25) is 37.7 Å². The number of hydrogen-bond donors (Lipinski definition) is 0. The van der Waals surface area contributed by atoms with Gasteiger partial charge in [-0.1, -0.05) is 374 Å². The molecule has 0 aromatic carbocycles. The Balaban J connectivity index is -0.000000135. The number of ether oxygens (including phenoxy) is 7. The lowest BCUT2D eigenvalue weighted by Gasteiger charge is -2.42. The van der Waals surface area contributed by atoms with Crippen LogP contribution in [0, 0.1) is 153 Å². The summed E-state index contributed by atoms with van der Waals surface area (Å²) in [4.78, 5) is 78.6. The molecular formula is C128H266O19S2. The number of rotatable bonds is 0. The lowest BCUT2D eigenvalue weighted by molar-refractivity contribution is -0.152. The highest BCUT2D eigenvalue weighted by Gasteiger charge is 2.71. The molecule has 0 aromatic heterocycles. The fourth-order valence-electron chi connectivity index (χ4n) is 26.4. The zero-order valence-corrected chi connectivity index (χ0v) is 111. The number of carbonyl (C=O) groups excluding carboxylic acids is 7. The normalized spacial score (nSPS) is 32.8. The third-order valence-electron chi connectivity index (χ3n) is 29.7. The minimum absolute atomic E-state index is 0.00366. The Morgan fingerprint density at radius 3 is 1.05 bits per heavy atom. The van der Waals surface area contributed by atoms with Crippen LogP contribution < -0.4 is 0 Å². The van der Waals surface area contributed by atoms with Gasteiger partial charge >= 0.3 is 41.8 Å². The Labute approximate surface area is 932 Å². The van der Waals surface area contributed by atoms with Crippen molar-refractivity contribution in [2.75, 3.05) is 50.3 Å². The van der Waals surface area contributed by atoms with Crippen molar-refractivity contribution in [1.29, 1.82) is 0 Å². The average molecular weight is 2170 g/mol. The monoisotopic (exact) mass is 2170 g/mol. The van der Waals surface area contributed by atoms with Crippen LogP contribution >= 0.6 is 0 Å². The number of esters is 7. The number of fused-ring (bicyclic) bond motifs is 31. The standard InChI is InChI=1S/C15H20O2.C14H18O2.C10H14O2.C9H12O2.C8H10O2.C7H10O2.C4H8O2S.C4H6O2.C3H6O3S.27C2H6/c16-14-15(3-4-17-14)7-10-6-11(15)13-9-2-1-8(5-9)12(10)13;15-14-13-9-4-8(10(13)5-16-14)11-6-1-2-7(3-6)12(9)11;11-10-8-2-6-1-7(3-8)5-9(4-6)12-10;10-9-8-6-2-1-5(3-6)7(8)4-11-9;9-8-6-2-4-1-5(6)7(3-4)10-8;8-7-5-2-1-3-6(4-5)9-7;5-7(6)3-1-2-4-7;5-4-2-1-3-6-4;4-7(5)3-1-2-6-7;27*1-2/h8-13H,1-7H2;6-13H,1-5H2;6-9H,1-5H2;5-8H,1-4H2;4-7H,1-3H2;5-6H,1-4H2;1-4H2;1-3H2;1-3H2;27*1-2H3. The van der Waals surface area contributed by atoms with Crippen LogP contribution in [0.5, 0.6) is 0 Å². The third kappa shape index (κ3) is 52.2. The molecule has 149 heavy (non-hydrogen) atoms. The van der Waals surface area contributed by atoms with Gasteiger partial charge in [-0.2, -0.15) is 8.42 Å². The quantitative estimate of drug-likeness (QED) is 0.0944. The molecule has 25 aliphatic rings. The second-order valence-electron chi connectivity index (χ2n) is 34.4. The van der Waals surface area contributed by atoms with E-state index in [9.17, 15) is 50.4 Å². The van der Waals surface area contributed by atoms with Crippen LogP contribution in [0.2, 0.25) is 0 Å². The average Bonchev–Trinajstić information content (AvgIpc) is 1.53. The molecule has 10 aliphatic heterocycles. The van der Waals surface area contributed by atoms with Crippen LogP contribution in [0.25, 0.3) is 0 Å². The van der Waals surface area contributed by atoms with Crippen molar-refractivity contribution in [3.8, 4) is 0 Å². The van der Waals surface area contributed by atoms with Crippen LogP contribution in [0.1, 0.15) is 567 Å². The summed E-state index contributed by atoms with van der Waals surface area (Å²) in [5.74, 6) is 20.0. The molecule has 27 unspecified atom stereocenters. The van der Waals surface area contributed by atoms with Gasteiger partial charge in [-0.15, -0.1) is 0 Å². The highest BCUT2D eigenvalue weighted by molar-refractivity contribution is 7.91. The van der Waals surface area contributed by atoms with Crippen molar-refractivity contribution in [3.05, 3.63) is 0 Å². The molecule has 19 nitrogen and oxygen atoms in total. The number of cyclic esters (lactones) is 4. The second-order valence-corrected chi connectivity index (χ2v) is 38.5. The molecule has 25 rings (SSSR count). The van der Waals surface area contributed by atoms with Gasteiger partial charge in [0.15, 0.2) is 0 Å². The zero-order valence-electron chi connectivity index (χ0n) is 110. The maximum absolute atomic E-state index is 12.2. The number of sulfone groups is 1. The van der Waals surface area contributed by atoms with Crippen molar-refractivity contribution < 1.29 is 87.7 Å². The Kier molecular flexibility index (Phi) is 124. The molecule has 10 saturated heterocycles. The Morgan fingerprint density at radius 1 is 0.262 bits per heavy atom. The minimum Gasteiger partial charge on any atom is -0.466 e. The van der Waals surface area contributed by atoms with E-state index in [1.165, 1.54) is 96.3 Å². The fourth-order valence-corrected chi connectivity index (χ4v) is 28.8. The Bertz CT molecular complexity index is 3130. The maximum atomic E-state index is 12.2. The highest BCUT2D eigenvalue weighted by atomic mass is 32.2. The van der Waals surface area contributed by atoms with Crippen molar-refractivity contribution >= 4 is 61.7 Å². The largest absolute Gasteiger partial charge is 0.466 e. The molecule has 0 aromatic rings. The van der Waals surface area contributed by atoms with Crippen LogP contribution in [0.15, 0.2) is 0 Å². The number of carbonyl (C=O) groups is 7. The lowest BCUT2D eigenvalue weighted by Crippen LogP contribution is -2.42. The summed E-state index contributed by atoms with van der Waals surface area (Å²) in [7, 11) is -5.59. The van der Waals surface area contributed by atoms with Crippen molar-refractivity contribution in [1.82, 2.24) is 0 Å². The molecule has 21 heteroatoms. The second kappa shape index (κ2) is 108. The molecule has 25 fully saturated rings. The Hall–Kier alpha value is -3.85. The van der Waals surface area contributed by atoms with Crippen molar-refractivity contribution in [2.24, 2.45) is 153 Å². The fraction of sp³-hybridized carbons (Fsp3) is 0.945. The molecular weight excluding hydrogens is 1910 g/mol. The van der Waals surface area contributed by atoms with Gasteiger partial charge in [0.2, 0.25) is 0 Å². The lowest BCUT2D eigenvalue weighted by atomic mass is 9.60. The first-order valence-corrected chi connectivity index (χ1v) is 68.6.